The molecular formula is C11H14N4O2S. The first kappa shape index (κ1) is 12.6. The van der Waals surface area contributed by atoms with Gasteiger partial charge in [-0.15, -0.1) is 0 Å². The molecule has 96 valence electrons. The molecular weight excluding hydrogens is 252 g/mol. The molecule has 1 aromatic heterocycles. The van der Waals surface area contributed by atoms with E-state index >= 15 is 0 Å². The molecule has 0 atom stereocenters. The van der Waals surface area contributed by atoms with Crippen molar-refractivity contribution < 1.29 is 8.42 Å². The first-order valence-corrected chi connectivity index (χ1v) is 6.85. The van der Waals surface area contributed by atoms with E-state index in [2.05, 4.69) is 20.0 Å². The van der Waals surface area contributed by atoms with Crippen LogP contribution in [0.3, 0.4) is 0 Å². The van der Waals surface area contributed by atoms with Crippen LogP contribution < -0.4 is 10.0 Å². The van der Waals surface area contributed by atoms with Crippen LogP contribution >= 0.6 is 0 Å². The molecule has 2 rings (SSSR count). The molecule has 0 aliphatic carbocycles. The van der Waals surface area contributed by atoms with Gasteiger partial charge in [-0.3, -0.25) is 4.72 Å². The standard InChI is InChI=1S/C11H14N4O2S/c1-12-6-9-2-4-10(5-3-9)15-18(16,17)11-7-13-8-14-11/h2-5,7-8,12,15H,6H2,1H3,(H,13,14). The van der Waals surface area contributed by atoms with Crippen LogP contribution in [-0.4, -0.2) is 25.4 Å². The van der Waals surface area contributed by atoms with Gasteiger partial charge in [-0.1, -0.05) is 12.1 Å². The molecule has 0 spiro atoms. The number of nitrogens with zero attached hydrogens (tertiary/aromatic N) is 1. The maximum Gasteiger partial charge on any atom is 0.278 e. The van der Waals surface area contributed by atoms with Crippen molar-refractivity contribution >= 4 is 15.7 Å². The minimum atomic E-state index is -3.58. The maximum absolute atomic E-state index is 11.9. The molecule has 0 saturated carbocycles. The molecule has 0 fully saturated rings. The van der Waals surface area contributed by atoms with E-state index in [0.29, 0.717) is 5.69 Å². The topological polar surface area (TPSA) is 86.9 Å². The van der Waals surface area contributed by atoms with Crippen molar-refractivity contribution in [1.29, 1.82) is 0 Å². The molecule has 0 radical (unpaired) electrons. The minimum absolute atomic E-state index is 0.0433. The molecule has 6 nitrogen and oxygen atoms in total. The van der Waals surface area contributed by atoms with Crippen LogP contribution in [0.15, 0.2) is 41.8 Å². The number of imidazole rings is 1. The lowest BCUT2D eigenvalue weighted by molar-refractivity contribution is 0.598. The Hall–Kier alpha value is -1.86. The first-order chi connectivity index (χ1) is 8.62. The van der Waals surface area contributed by atoms with Gasteiger partial charge in [0.2, 0.25) is 0 Å². The van der Waals surface area contributed by atoms with Gasteiger partial charge in [-0.25, -0.2) is 4.98 Å². The van der Waals surface area contributed by atoms with Crippen LogP contribution in [0.4, 0.5) is 5.69 Å². The number of aromatic nitrogens is 2. The molecule has 1 aromatic carbocycles. The number of aromatic amines is 1. The Morgan fingerprint density at radius 1 is 1.28 bits per heavy atom. The normalized spacial score (nSPS) is 11.4. The van der Waals surface area contributed by atoms with Crippen molar-refractivity contribution in [1.82, 2.24) is 15.3 Å². The Balaban J connectivity index is 2.14. The summed E-state index contributed by atoms with van der Waals surface area (Å²) in [6, 6.07) is 7.17. The molecule has 18 heavy (non-hydrogen) atoms. The second-order valence-electron chi connectivity index (χ2n) is 3.75. The van der Waals surface area contributed by atoms with Crippen LogP contribution in [0, 0.1) is 0 Å². The Morgan fingerprint density at radius 2 is 2.00 bits per heavy atom. The summed E-state index contributed by atoms with van der Waals surface area (Å²) in [7, 11) is -1.72. The van der Waals surface area contributed by atoms with E-state index in [0.717, 1.165) is 12.1 Å². The predicted molar refractivity (Wildman–Crippen MR) is 68.6 cm³/mol. The SMILES string of the molecule is CNCc1ccc(NS(=O)(=O)c2cnc[nH]2)cc1. The third-order valence-electron chi connectivity index (χ3n) is 2.35. The lowest BCUT2D eigenvalue weighted by Crippen LogP contribution is -2.13. The molecule has 0 saturated heterocycles. The summed E-state index contributed by atoms with van der Waals surface area (Å²) in [6.07, 6.45) is 2.59. The lowest BCUT2D eigenvalue weighted by atomic mass is 10.2. The molecule has 0 bridgehead atoms. The minimum Gasteiger partial charge on any atom is -0.334 e. The molecule has 0 aliphatic rings. The summed E-state index contributed by atoms with van der Waals surface area (Å²) in [6.45, 7) is 0.744. The smallest absolute Gasteiger partial charge is 0.278 e. The van der Waals surface area contributed by atoms with Crippen LogP contribution in [0.5, 0.6) is 0 Å². The van der Waals surface area contributed by atoms with Gasteiger partial charge < -0.3 is 10.3 Å². The lowest BCUT2D eigenvalue weighted by Gasteiger charge is -2.07. The van der Waals surface area contributed by atoms with E-state index in [4.69, 9.17) is 0 Å². The fourth-order valence-corrected chi connectivity index (χ4v) is 2.46. The van der Waals surface area contributed by atoms with E-state index in [1.54, 1.807) is 12.1 Å². The highest BCUT2D eigenvalue weighted by Gasteiger charge is 2.15. The molecule has 0 amide bonds. The summed E-state index contributed by atoms with van der Waals surface area (Å²) >= 11 is 0. The van der Waals surface area contributed by atoms with E-state index in [-0.39, 0.29) is 5.03 Å². The van der Waals surface area contributed by atoms with Crippen LogP contribution in [0.25, 0.3) is 0 Å². The molecule has 7 heteroatoms. The van der Waals surface area contributed by atoms with Crippen LogP contribution in [0.1, 0.15) is 5.56 Å². The monoisotopic (exact) mass is 266 g/mol. The average Bonchev–Trinajstić information content (AvgIpc) is 2.86. The largest absolute Gasteiger partial charge is 0.334 e. The number of sulfonamides is 1. The molecule has 0 unspecified atom stereocenters. The summed E-state index contributed by atoms with van der Waals surface area (Å²) in [5.74, 6) is 0. The summed E-state index contributed by atoms with van der Waals surface area (Å²) in [5.41, 5.74) is 1.60. The van der Waals surface area contributed by atoms with Gasteiger partial charge in [0, 0.05) is 12.2 Å². The fourth-order valence-electron chi connectivity index (χ4n) is 1.49. The van der Waals surface area contributed by atoms with E-state index in [1.807, 2.05) is 19.2 Å². The van der Waals surface area contributed by atoms with Crippen LogP contribution in [-0.2, 0) is 16.6 Å². The highest BCUT2D eigenvalue weighted by Crippen LogP contribution is 2.14. The van der Waals surface area contributed by atoms with Crippen molar-refractivity contribution in [3.63, 3.8) is 0 Å². The van der Waals surface area contributed by atoms with E-state index in [1.165, 1.54) is 12.5 Å². The molecule has 0 aliphatic heterocycles. The average molecular weight is 266 g/mol. The number of hydrogen-bond acceptors (Lipinski definition) is 4. The van der Waals surface area contributed by atoms with Gasteiger partial charge >= 0.3 is 0 Å². The summed E-state index contributed by atoms with van der Waals surface area (Å²) < 4.78 is 26.2. The fraction of sp³-hybridized carbons (Fsp3) is 0.182. The zero-order valence-electron chi connectivity index (χ0n) is 9.84. The van der Waals surface area contributed by atoms with Gasteiger partial charge in [-0.05, 0) is 24.7 Å². The number of anilines is 1. The van der Waals surface area contributed by atoms with E-state index in [9.17, 15) is 8.42 Å². The quantitative estimate of drug-likeness (QED) is 0.751. The predicted octanol–water partition coefficient (Wildman–Crippen LogP) is 0.930. The zero-order valence-corrected chi connectivity index (χ0v) is 10.7. The second-order valence-corrected chi connectivity index (χ2v) is 5.40. The Kier molecular flexibility index (Phi) is 3.63. The van der Waals surface area contributed by atoms with Gasteiger partial charge in [0.15, 0.2) is 5.03 Å². The Bertz CT molecular complexity index is 590. The van der Waals surface area contributed by atoms with Gasteiger partial charge in [0.25, 0.3) is 10.0 Å². The second kappa shape index (κ2) is 5.19. The third kappa shape index (κ3) is 2.88. The van der Waals surface area contributed by atoms with Crippen molar-refractivity contribution in [3.8, 4) is 0 Å². The Morgan fingerprint density at radius 3 is 2.56 bits per heavy atom. The highest BCUT2D eigenvalue weighted by molar-refractivity contribution is 7.92. The van der Waals surface area contributed by atoms with Gasteiger partial charge in [0.1, 0.15) is 0 Å². The number of rotatable bonds is 5. The number of H-pyrrole nitrogens is 1. The molecule has 3 N–H and O–H groups in total. The number of benzene rings is 1. The Labute approximate surface area is 106 Å². The first-order valence-electron chi connectivity index (χ1n) is 5.36. The number of nitrogens with one attached hydrogen (secondary N) is 3. The van der Waals surface area contributed by atoms with Gasteiger partial charge in [-0.2, -0.15) is 8.42 Å². The summed E-state index contributed by atoms with van der Waals surface area (Å²) in [5, 5.41) is 3.07. The third-order valence-corrected chi connectivity index (χ3v) is 3.66. The van der Waals surface area contributed by atoms with Crippen molar-refractivity contribution in [3.05, 3.63) is 42.4 Å². The summed E-state index contributed by atoms with van der Waals surface area (Å²) in [4.78, 5) is 6.24. The maximum atomic E-state index is 11.9. The molecule has 1 heterocycles. The van der Waals surface area contributed by atoms with Crippen LogP contribution in [0.2, 0.25) is 0 Å². The molecule has 2 aromatic rings. The van der Waals surface area contributed by atoms with Crippen molar-refractivity contribution in [2.24, 2.45) is 0 Å². The van der Waals surface area contributed by atoms with Gasteiger partial charge in [0.05, 0.1) is 12.5 Å². The van der Waals surface area contributed by atoms with E-state index < -0.39 is 10.0 Å². The highest BCUT2D eigenvalue weighted by atomic mass is 32.2. The zero-order chi connectivity index (χ0) is 13.0. The van der Waals surface area contributed by atoms with Crippen molar-refractivity contribution in [2.45, 2.75) is 11.6 Å². The van der Waals surface area contributed by atoms with Crippen molar-refractivity contribution in [2.75, 3.05) is 11.8 Å². The number of hydrogen-bond donors (Lipinski definition) is 3.